The zero-order valence-electron chi connectivity index (χ0n) is 48.5. The summed E-state index contributed by atoms with van der Waals surface area (Å²) in [5.41, 5.74) is 0.226. The predicted octanol–water partition coefficient (Wildman–Crippen LogP) is -2.72. The molecule has 0 spiro atoms. The highest BCUT2D eigenvalue weighted by molar-refractivity contribution is 7.81. The van der Waals surface area contributed by atoms with Crippen molar-refractivity contribution in [1.29, 1.82) is 0 Å². The number of aliphatic hydroxyl groups is 10. The lowest BCUT2D eigenvalue weighted by molar-refractivity contribution is -0.403. The Labute approximate surface area is 492 Å². The van der Waals surface area contributed by atoms with Crippen molar-refractivity contribution < 1.29 is 142 Å². The van der Waals surface area contributed by atoms with Crippen LogP contribution in [0.15, 0.2) is 11.6 Å². The summed E-state index contributed by atoms with van der Waals surface area (Å²) in [6, 6.07) is 0. The molecule has 5 saturated heterocycles. The van der Waals surface area contributed by atoms with E-state index >= 15 is 0 Å². The number of carbonyl (C=O) groups is 1. The van der Waals surface area contributed by atoms with Gasteiger partial charge in [-0.1, -0.05) is 46.3 Å². The third-order valence-electron chi connectivity index (χ3n) is 20.7. The number of Topliss-reactive ketones (excluding diaryl/α,β-unsaturated/α-hetero) is 1. The summed E-state index contributed by atoms with van der Waals surface area (Å²) in [5.74, 6) is 0.441. The van der Waals surface area contributed by atoms with Crippen LogP contribution in [0.4, 0.5) is 0 Å². The molecule has 32 heteroatoms. The van der Waals surface area contributed by atoms with Crippen molar-refractivity contribution >= 4 is 26.6 Å². The van der Waals surface area contributed by atoms with Crippen LogP contribution in [-0.4, -0.2) is 264 Å². The van der Waals surface area contributed by atoms with Crippen LogP contribution in [0.25, 0.3) is 0 Å². The highest BCUT2D eigenvalue weighted by Crippen LogP contribution is 2.73. The molecule has 12 N–H and O–H groups in total. The monoisotopic (exact) mass is 1270 g/mol. The Morgan fingerprint density at radius 2 is 1.22 bits per heavy atom. The minimum Gasteiger partial charge on any atom is -0.394 e. The highest BCUT2D eigenvalue weighted by Gasteiger charge is 2.67. The normalized spacial score (nSPS) is 50.4. The molecule has 30 atom stereocenters. The zero-order valence-corrected chi connectivity index (χ0v) is 50.1. The first kappa shape index (κ1) is 67.7. The van der Waals surface area contributed by atoms with E-state index in [2.05, 4.69) is 44.9 Å². The lowest BCUT2D eigenvalue weighted by Crippen LogP contribution is -2.68. The maximum atomic E-state index is 13.0. The Balaban J connectivity index is 0.996. The van der Waals surface area contributed by atoms with Gasteiger partial charge in [0, 0.05) is 13.0 Å². The number of allylic oxidation sites excluding steroid dienone is 2. The van der Waals surface area contributed by atoms with E-state index in [1.807, 2.05) is 0 Å². The SMILES string of the molecule is CO[C@@H]1[C@@H](O)[C@H](O[C@@H]2[C@@H](O)[C@H](O[C@H]3[C@H](O)[C@@H](O[C@@H]4OC[C@@H](O)[C@H](O)[C@H]4O)[C@H](O[C@H]4[C@H](O[C@H]5CC[C@]6(C)[C@H]7CC[C@]8(C)[C@@H](C(C)=O)CC[C@@]8(C)C7=CC[C@H]6C5(C)C)OC[C@@H](OS(=O)(=O)O)[C@@H]4O)O[C@@H]3C)O[C@H](COS(=O)(=O)O)[C@H]2O)O[C@H](CO)[C@H]1O. The van der Waals surface area contributed by atoms with Crippen molar-refractivity contribution in [3.05, 3.63) is 11.6 Å². The fraction of sp³-hybridized carbons (Fsp3) is 0.943. The van der Waals surface area contributed by atoms with Crippen molar-refractivity contribution in [2.24, 2.45) is 39.4 Å². The third kappa shape index (κ3) is 12.8. The summed E-state index contributed by atoms with van der Waals surface area (Å²) in [5, 5.41) is 112. The summed E-state index contributed by atoms with van der Waals surface area (Å²) in [6.07, 6.45) is -35.8. The molecule has 4 aliphatic carbocycles. The first-order valence-electron chi connectivity index (χ1n) is 28.8. The molecule has 8 fully saturated rings. The van der Waals surface area contributed by atoms with E-state index in [1.54, 1.807) is 6.92 Å². The van der Waals surface area contributed by atoms with Crippen LogP contribution in [0.3, 0.4) is 0 Å². The maximum Gasteiger partial charge on any atom is 0.397 e. The van der Waals surface area contributed by atoms with Gasteiger partial charge in [-0.3, -0.25) is 13.9 Å². The zero-order chi connectivity index (χ0) is 62.4. The Morgan fingerprint density at radius 3 is 1.86 bits per heavy atom. The van der Waals surface area contributed by atoms with E-state index in [9.17, 15) is 81.8 Å². The van der Waals surface area contributed by atoms with E-state index < -0.39 is 200 Å². The van der Waals surface area contributed by atoms with Gasteiger partial charge in [0.1, 0.15) is 110 Å². The molecule has 9 aliphatic rings. The maximum absolute atomic E-state index is 13.0. The minimum atomic E-state index is -5.27. The largest absolute Gasteiger partial charge is 0.397 e. The van der Waals surface area contributed by atoms with Crippen LogP contribution in [0.1, 0.15) is 93.4 Å². The van der Waals surface area contributed by atoms with Gasteiger partial charge in [-0.25, -0.2) is 8.37 Å². The fourth-order valence-electron chi connectivity index (χ4n) is 15.9. The van der Waals surface area contributed by atoms with Crippen LogP contribution in [0.2, 0.25) is 0 Å². The van der Waals surface area contributed by atoms with Gasteiger partial charge in [-0.05, 0) is 92.3 Å². The summed E-state index contributed by atoms with van der Waals surface area (Å²) >= 11 is 0. The third-order valence-corrected chi connectivity index (χ3v) is 21.6. The van der Waals surface area contributed by atoms with Crippen LogP contribution < -0.4 is 0 Å². The summed E-state index contributed by atoms with van der Waals surface area (Å²) in [7, 11) is -9.39. The average molecular weight is 1270 g/mol. The second-order valence-corrected chi connectivity index (χ2v) is 27.9. The molecule has 0 amide bonds. The fourth-order valence-corrected chi connectivity index (χ4v) is 16.6. The number of fused-ring (bicyclic) bond motifs is 5. The molecule has 0 aromatic heterocycles. The lowest BCUT2D eigenvalue weighted by Gasteiger charge is -2.64. The van der Waals surface area contributed by atoms with E-state index in [1.165, 1.54) is 12.5 Å². The molecule has 3 saturated carbocycles. The highest BCUT2D eigenvalue weighted by atomic mass is 32.3. The first-order chi connectivity index (χ1) is 39.6. The molecule has 5 aliphatic heterocycles. The van der Waals surface area contributed by atoms with Gasteiger partial charge in [0.05, 0.1) is 38.6 Å². The van der Waals surface area contributed by atoms with Crippen LogP contribution in [0.5, 0.6) is 0 Å². The molecular formula is C53H86O30S2. The van der Waals surface area contributed by atoms with Crippen LogP contribution in [-0.2, 0) is 86.1 Å². The van der Waals surface area contributed by atoms with Crippen molar-refractivity contribution in [1.82, 2.24) is 0 Å². The van der Waals surface area contributed by atoms with E-state index in [-0.39, 0.29) is 39.8 Å². The average Bonchev–Trinajstić information content (AvgIpc) is 1.73. The molecule has 0 bridgehead atoms. The van der Waals surface area contributed by atoms with Gasteiger partial charge in [0.2, 0.25) is 0 Å². The van der Waals surface area contributed by atoms with Crippen molar-refractivity contribution in [2.45, 2.75) is 241 Å². The van der Waals surface area contributed by atoms with Gasteiger partial charge in [-0.2, -0.15) is 16.8 Å². The van der Waals surface area contributed by atoms with Gasteiger partial charge in [0.25, 0.3) is 0 Å². The van der Waals surface area contributed by atoms with Crippen LogP contribution in [0, 0.1) is 39.4 Å². The quantitative estimate of drug-likeness (QED) is 0.0490. The molecule has 0 radical (unpaired) electrons. The molecule has 0 unspecified atom stereocenters. The molecule has 0 aromatic carbocycles. The van der Waals surface area contributed by atoms with Crippen molar-refractivity contribution in [3.63, 3.8) is 0 Å². The van der Waals surface area contributed by atoms with Gasteiger partial charge in [0.15, 0.2) is 31.5 Å². The lowest BCUT2D eigenvalue weighted by atomic mass is 9.41. The summed E-state index contributed by atoms with van der Waals surface area (Å²) in [6.45, 7) is 10.8. The number of carbonyl (C=O) groups excluding carboxylic acids is 1. The van der Waals surface area contributed by atoms with Gasteiger partial charge >= 0.3 is 20.8 Å². The molecule has 490 valence electrons. The Hall–Kier alpha value is -1.69. The second-order valence-electron chi connectivity index (χ2n) is 25.7. The van der Waals surface area contributed by atoms with Crippen LogP contribution >= 0.6 is 0 Å². The number of ether oxygens (including phenoxy) is 11. The first-order valence-corrected chi connectivity index (χ1v) is 31.5. The minimum absolute atomic E-state index is 0.0233. The van der Waals surface area contributed by atoms with Gasteiger partial charge < -0.3 is 103 Å². The standard InChI is InChI=1S/C53H86O30S2/c1-21(55)23-11-15-53(7)25-9-10-30-50(3,4)31(13-14-51(30,5)24(25)12-16-52(23,53)6)78-48-43(35(60)29(19-73-48)83-85(68,69)70)82-49-44(81-45-36(61)32(57)26(56)18-72-45)37(62)40(22(2)75-49)79-47-39(64)42(34(59)28(77-47)20-74-84(65,66)67)80-46-38(63)41(71-8)33(58)27(17-54)76-46/h9,22-24,26-49,54,56-64H,10-20H2,1-8H3,(H,65,66,67)(H,68,69,70)/t22-,23-,24+,26-,27-,28-,29-,30+,31+,32+,33-,34-,35+,36-,37+,38-,39-,40-,41+,42+,43-,44-,45+,46+,47+,48+,49+,51-,52-,53+/m1/s1. The van der Waals surface area contributed by atoms with E-state index in [4.69, 9.17) is 56.3 Å². The molecule has 0 aromatic rings. The number of methoxy groups -OCH3 is 1. The Bertz CT molecular complexity index is 2600. The van der Waals surface area contributed by atoms with Gasteiger partial charge in [-0.15, -0.1) is 0 Å². The molecule has 30 nitrogen and oxygen atoms in total. The number of hydrogen-bond donors (Lipinski definition) is 12. The number of hydrogen-bond acceptors (Lipinski definition) is 28. The van der Waals surface area contributed by atoms with E-state index in [0.717, 1.165) is 32.8 Å². The summed E-state index contributed by atoms with van der Waals surface area (Å²) in [4.78, 5) is 13.0. The predicted molar refractivity (Wildman–Crippen MR) is 281 cm³/mol. The summed E-state index contributed by atoms with van der Waals surface area (Å²) < 4.78 is 142. The molecule has 5 heterocycles. The van der Waals surface area contributed by atoms with Crippen molar-refractivity contribution in [3.8, 4) is 0 Å². The molecular weight excluding hydrogens is 1180 g/mol. The number of ketones is 1. The smallest absolute Gasteiger partial charge is 0.394 e. The number of rotatable bonds is 18. The Kier molecular flexibility index (Phi) is 20.2. The second kappa shape index (κ2) is 25.4. The Morgan fingerprint density at radius 1 is 0.624 bits per heavy atom. The van der Waals surface area contributed by atoms with E-state index in [0.29, 0.717) is 19.3 Å². The molecule has 9 rings (SSSR count). The van der Waals surface area contributed by atoms with Crippen molar-refractivity contribution in [2.75, 3.05) is 33.5 Å². The molecule has 85 heavy (non-hydrogen) atoms. The topological polar surface area (TPSA) is 448 Å². The number of aliphatic hydroxyl groups excluding tert-OH is 10.